The molecular formula is C33H25N4O3S2+. The topological polar surface area (TPSA) is 78.3 Å². The van der Waals surface area contributed by atoms with Gasteiger partial charge in [-0.2, -0.15) is 5.10 Å². The molecule has 5 aromatic rings. The van der Waals surface area contributed by atoms with Crippen LogP contribution in [0.2, 0.25) is 0 Å². The highest BCUT2D eigenvalue weighted by molar-refractivity contribution is 7.99. The summed E-state index contributed by atoms with van der Waals surface area (Å²) in [5, 5.41) is 6.95. The van der Waals surface area contributed by atoms with Gasteiger partial charge in [0.15, 0.2) is 12.2 Å². The molecule has 4 aromatic carbocycles. The van der Waals surface area contributed by atoms with Gasteiger partial charge in [0.25, 0.3) is 16.8 Å². The summed E-state index contributed by atoms with van der Waals surface area (Å²) in [7, 11) is 1.91. The number of nitrogens with zero attached hydrogens (tertiary/aromatic N) is 2. The quantitative estimate of drug-likeness (QED) is 0.101. The van der Waals surface area contributed by atoms with Gasteiger partial charge >= 0.3 is 0 Å². The molecule has 2 heterocycles. The van der Waals surface area contributed by atoms with E-state index in [1.807, 2.05) is 103 Å². The van der Waals surface area contributed by atoms with Crippen molar-refractivity contribution in [1.29, 1.82) is 0 Å². The number of H-pyrrole nitrogens is 1. The molecule has 0 bridgehead atoms. The van der Waals surface area contributed by atoms with Crippen LogP contribution in [0.5, 0.6) is 11.5 Å². The fourth-order valence-corrected chi connectivity index (χ4v) is 5.82. The lowest BCUT2D eigenvalue weighted by atomic mass is 10.0. The molecule has 7 nitrogen and oxygen atoms in total. The van der Waals surface area contributed by atoms with E-state index in [-0.39, 0.29) is 10.7 Å². The zero-order valence-electron chi connectivity index (χ0n) is 22.5. The van der Waals surface area contributed by atoms with Crippen molar-refractivity contribution in [2.45, 2.75) is 9.92 Å². The molecule has 42 heavy (non-hydrogen) atoms. The first-order chi connectivity index (χ1) is 20.5. The van der Waals surface area contributed by atoms with E-state index in [0.29, 0.717) is 17.2 Å². The monoisotopic (exact) mass is 589 g/mol. The number of rotatable bonds is 7. The minimum Gasteiger partial charge on any atom is -0.457 e. The number of benzene rings is 4. The van der Waals surface area contributed by atoms with E-state index in [9.17, 15) is 9.59 Å². The highest BCUT2D eigenvalue weighted by atomic mass is 32.2. The third-order valence-corrected chi connectivity index (χ3v) is 8.05. The van der Waals surface area contributed by atoms with Gasteiger partial charge in [0.05, 0.1) is 11.3 Å². The number of ether oxygens (including phenoxy) is 1. The summed E-state index contributed by atoms with van der Waals surface area (Å²) in [6.45, 7) is 0. The minimum absolute atomic E-state index is 0.0145. The van der Waals surface area contributed by atoms with E-state index >= 15 is 0 Å². The maximum atomic E-state index is 13.9. The summed E-state index contributed by atoms with van der Waals surface area (Å²) in [4.78, 5) is 29.5. The van der Waals surface area contributed by atoms with Crippen molar-refractivity contribution in [3.05, 3.63) is 126 Å². The van der Waals surface area contributed by atoms with Crippen LogP contribution in [-0.4, -0.2) is 22.0 Å². The molecule has 1 saturated heterocycles. The summed E-state index contributed by atoms with van der Waals surface area (Å²) in [5.41, 5.74) is 2.91. The Kier molecular flexibility index (Phi) is 7.68. The maximum Gasteiger partial charge on any atom is 0.277 e. The van der Waals surface area contributed by atoms with Gasteiger partial charge < -0.3 is 4.74 Å². The minimum atomic E-state index is -0.552. The molecule has 1 aromatic heterocycles. The third kappa shape index (κ3) is 5.60. The van der Waals surface area contributed by atoms with E-state index in [0.717, 1.165) is 26.7 Å². The Morgan fingerprint density at radius 3 is 2.07 bits per heavy atom. The smallest absolute Gasteiger partial charge is 0.277 e. The molecule has 2 N–H and O–H groups in total. The lowest BCUT2D eigenvalue weighted by Gasteiger charge is -2.29. The predicted octanol–water partition coefficient (Wildman–Crippen LogP) is 6.28. The van der Waals surface area contributed by atoms with Crippen molar-refractivity contribution in [2.75, 3.05) is 4.90 Å². The van der Waals surface area contributed by atoms with Gasteiger partial charge in [0, 0.05) is 10.5 Å². The van der Waals surface area contributed by atoms with Crippen molar-refractivity contribution in [2.24, 2.45) is 7.05 Å². The number of thiocarbonyl (C=S) groups is 1. The lowest BCUT2D eigenvalue weighted by molar-refractivity contribution is -0.760. The third-order valence-electron chi connectivity index (χ3n) is 6.57. The van der Waals surface area contributed by atoms with Crippen molar-refractivity contribution in [3.8, 4) is 22.8 Å². The molecule has 6 rings (SSSR count). The van der Waals surface area contributed by atoms with Crippen molar-refractivity contribution in [3.63, 3.8) is 0 Å². The molecule has 0 spiro atoms. The van der Waals surface area contributed by atoms with E-state index in [4.69, 9.17) is 17.0 Å². The SMILES string of the molecule is C[n+]1[nH]c(-c2ccccc2)c(C=C2C(=O)NC(=S)N(c3ccc(Oc4ccccc4)cc3)C2=O)c1Sc1ccccc1. The van der Waals surface area contributed by atoms with E-state index < -0.39 is 11.8 Å². The van der Waals surface area contributed by atoms with Crippen molar-refractivity contribution in [1.82, 2.24) is 10.4 Å². The van der Waals surface area contributed by atoms with Crippen LogP contribution >= 0.6 is 24.0 Å². The van der Waals surface area contributed by atoms with Crippen molar-refractivity contribution >= 4 is 52.7 Å². The summed E-state index contributed by atoms with van der Waals surface area (Å²) in [5.74, 6) is 0.239. The van der Waals surface area contributed by atoms with Gasteiger partial charge in [-0.05, 0) is 78.6 Å². The lowest BCUT2D eigenvalue weighted by Crippen LogP contribution is -2.54. The number of aryl methyl sites for hydroxylation is 1. The molecular weight excluding hydrogens is 565 g/mol. The van der Waals surface area contributed by atoms with Crippen LogP contribution in [0, 0.1) is 0 Å². The molecule has 0 atom stereocenters. The number of carbonyl (C=O) groups excluding carboxylic acids is 2. The van der Waals surface area contributed by atoms with E-state index in [1.165, 1.54) is 16.7 Å². The highest BCUT2D eigenvalue weighted by Gasteiger charge is 2.36. The molecule has 1 aliphatic heterocycles. The zero-order valence-corrected chi connectivity index (χ0v) is 24.1. The highest BCUT2D eigenvalue weighted by Crippen LogP contribution is 2.35. The summed E-state index contributed by atoms with van der Waals surface area (Å²) < 4.78 is 7.78. The zero-order chi connectivity index (χ0) is 29.1. The van der Waals surface area contributed by atoms with Gasteiger partial charge in [-0.25, -0.2) is 0 Å². The normalized spacial score (nSPS) is 14.3. The Hall–Kier alpha value is -4.99. The number of hydrogen-bond acceptors (Lipinski definition) is 5. The largest absolute Gasteiger partial charge is 0.457 e. The molecule has 0 unspecified atom stereocenters. The Labute approximate surface area is 252 Å². The molecule has 0 aliphatic carbocycles. The average Bonchev–Trinajstić information content (AvgIpc) is 3.31. The maximum absolute atomic E-state index is 13.9. The van der Waals surface area contributed by atoms with Crippen LogP contribution in [0.4, 0.5) is 5.69 Å². The van der Waals surface area contributed by atoms with Gasteiger partial charge in [-0.15, -0.1) is 4.68 Å². The van der Waals surface area contributed by atoms with Gasteiger partial charge in [-0.1, -0.05) is 66.7 Å². The number of hydrogen-bond donors (Lipinski definition) is 2. The summed E-state index contributed by atoms with van der Waals surface area (Å²) >= 11 is 6.98. The standard InChI is InChI=1S/C33H24N4O3S2/c1-36-32(42-26-15-9-4-10-16-26)27(29(35-36)22-11-5-2-6-12-22)21-28-30(38)34-33(41)37(31(28)39)23-17-19-25(20-18-23)40-24-13-7-3-8-14-24/h2-21H,1H3,(H,34,38,41)/p+1. The second-order valence-corrected chi connectivity index (χ2v) is 10.9. The predicted molar refractivity (Wildman–Crippen MR) is 167 cm³/mol. The number of para-hydroxylation sites is 1. The number of aromatic amines is 1. The van der Waals surface area contributed by atoms with Crippen LogP contribution < -0.4 is 19.6 Å². The first-order valence-corrected chi connectivity index (χ1v) is 14.3. The first-order valence-electron chi connectivity index (χ1n) is 13.1. The van der Waals surface area contributed by atoms with Crippen LogP contribution in [0.1, 0.15) is 5.56 Å². The molecule has 2 amide bonds. The number of aromatic nitrogens is 2. The Balaban J connectivity index is 1.38. The van der Waals surface area contributed by atoms with Gasteiger partial charge in [0.2, 0.25) is 0 Å². The number of nitrogens with one attached hydrogen (secondary N) is 2. The molecule has 1 fully saturated rings. The second-order valence-electron chi connectivity index (χ2n) is 9.41. The fraction of sp³-hybridized carbons (Fsp3) is 0.0303. The molecule has 9 heteroatoms. The van der Waals surface area contributed by atoms with E-state index in [1.54, 1.807) is 30.3 Å². The van der Waals surface area contributed by atoms with Gasteiger partial charge in [-0.3, -0.25) is 19.8 Å². The van der Waals surface area contributed by atoms with Crippen LogP contribution in [0.3, 0.4) is 0 Å². The number of amides is 2. The number of carbonyl (C=O) groups is 2. The van der Waals surface area contributed by atoms with Crippen molar-refractivity contribution < 1.29 is 19.0 Å². The van der Waals surface area contributed by atoms with E-state index in [2.05, 4.69) is 10.4 Å². The molecule has 206 valence electrons. The summed E-state index contributed by atoms with van der Waals surface area (Å²) in [6.07, 6.45) is 1.64. The number of anilines is 1. The molecule has 0 saturated carbocycles. The van der Waals surface area contributed by atoms with Crippen LogP contribution in [0.15, 0.2) is 131 Å². The van der Waals surface area contributed by atoms with Gasteiger partial charge in [0.1, 0.15) is 22.8 Å². The van der Waals surface area contributed by atoms with Crippen LogP contribution in [-0.2, 0) is 16.6 Å². The second kappa shape index (κ2) is 11.9. The van der Waals surface area contributed by atoms with Crippen LogP contribution in [0.25, 0.3) is 17.3 Å². The summed E-state index contributed by atoms with van der Waals surface area (Å²) in [6, 6.07) is 36.1. The fourth-order valence-electron chi connectivity index (χ4n) is 4.57. The molecule has 1 aliphatic rings. The Bertz CT molecular complexity index is 1800. The average molecular weight is 590 g/mol. The Morgan fingerprint density at radius 1 is 0.810 bits per heavy atom. The molecule has 0 radical (unpaired) electrons. The Morgan fingerprint density at radius 2 is 1.40 bits per heavy atom. The first kappa shape index (κ1) is 27.2.